The Balaban J connectivity index is 2.07. The molecule has 0 spiro atoms. The Morgan fingerprint density at radius 2 is 1.95 bits per heavy atom. The number of rotatable bonds is 2. The summed E-state index contributed by atoms with van der Waals surface area (Å²) in [5.41, 5.74) is 0.689. The molecule has 7 heteroatoms. The molecule has 20 heavy (non-hydrogen) atoms. The van der Waals surface area contributed by atoms with E-state index in [4.69, 9.17) is 0 Å². The van der Waals surface area contributed by atoms with Crippen LogP contribution in [0.1, 0.15) is 41.9 Å². The lowest BCUT2D eigenvalue weighted by molar-refractivity contribution is -0.187. The van der Waals surface area contributed by atoms with Crippen LogP contribution in [0.15, 0.2) is 12.4 Å². The maximum Gasteiger partial charge on any atom is 0.393 e. The highest BCUT2D eigenvalue weighted by Crippen LogP contribution is 2.37. The van der Waals surface area contributed by atoms with Gasteiger partial charge in [0.15, 0.2) is 0 Å². The maximum absolute atomic E-state index is 12.9. The van der Waals surface area contributed by atoms with E-state index in [0.29, 0.717) is 25.0 Å². The van der Waals surface area contributed by atoms with Gasteiger partial charge in [-0.05, 0) is 19.8 Å². The van der Waals surface area contributed by atoms with E-state index in [1.165, 1.54) is 12.4 Å². The molecule has 2 rings (SSSR count). The van der Waals surface area contributed by atoms with Gasteiger partial charge < -0.3 is 5.32 Å². The van der Waals surface area contributed by atoms with E-state index in [-0.39, 0.29) is 12.1 Å². The van der Waals surface area contributed by atoms with Crippen molar-refractivity contribution in [2.24, 2.45) is 5.92 Å². The van der Waals surface area contributed by atoms with Crippen molar-refractivity contribution in [2.75, 3.05) is 0 Å². The fraction of sp³-hybridized carbons (Fsp3) is 0.615. The molecule has 1 aliphatic rings. The largest absolute Gasteiger partial charge is 0.393 e. The molecule has 1 aliphatic carbocycles. The van der Waals surface area contributed by atoms with Crippen molar-refractivity contribution in [3.63, 3.8) is 0 Å². The third-order valence-electron chi connectivity index (χ3n) is 3.52. The zero-order chi connectivity index (χ0) is 14.8. The number of aromatic nitrogens is 2. The van der Waals surface area contributed by atoms with Crippen molar-refractivity contribution in [1.29, 1.82) is 0 Å². The molecule has 1 saturated carbocycles. The number of carbonyl (C=O) groups is 1. The van der Waals surface area contributed by atoms with Crippen LogP contribution in [-0.2, 0) is 0 Å². The van der Waals surface area contributed by atoms with Gasteiger partial charge >= 0.3 is 6.18 Å². The molecule has 1 aromatic rings. The molecular formula is C13H16F3N3O. The molecule has 0 aromatic carbocycles. The van der Waals surface area contributed by atoms with Gasteiger partial charge in [-0.1, -0.05) is 12.8 Å². The number of hydrogen-bond acceptors (Lipinski definition) is 3. The van der Waals surface area contributed by atoms with Crippen LogP contribution in [0.4, 0.5) is 13.2 Å². The van der Waals surface area contributed by atoms with E-state index < -0.39 is 24.0 Å². The highest BCUT2D eigenvalue weighted by atomic mass is 19.4. The van der Waals surface area contributed by atoms with Crippen molar-refractivity contribution >= 4 is 5.91 Å². The average Bonchev–Trinajstić information content (AvgIpc) is 2.38. The molecule has 1 amide bonds. The Bertz CT molecular complexity index is 473. The van der Waals surface area contributed by atoms with Gasteiger partial charge in [-0.25, -0.2) is 4.98 Å². The molecule has 2 unspecified atom stereocenters. The summed E-state index contributed by atoms with van der Waals surface area (Å²) in [5.74, 6) is -2.07. The molecule has 1 heterocycles. The fourth-order valence-corrected chi connectivity index (χ4v) is 2.45. The number of halogens is 3. The molecule has 0 saturated heterocycles. The smallest absolute Gasteiger partial charge is 0.347 e. The minimum Gasteiger partial charge on any atom is -0.347 e. The van der Waals surface area contributed by atoms with Gasteiger partial charge in [0.25, 0.3) is 5.91 Å². The van der Waals surface area contributed by atoms with Crippen LogP contribution in [0, 0.1) is 12.8 Å². The number of nitrogens with zero attached hydrogens (tertiary/aromatic N) is 2. The zero-order valence-corrected chi connectivity index (χ0v) is 11.1. The van der Waals surface area contributed by atoms with E-state index in [9.17, 15) is 18.0 Å². The van der Waals surface area contributed by atoms with Gasteiger partial charge in [0, 0.05) is 12.2 Å². The van der Waals surface area contributed by atoms with E-state index in [2.05, 4.69) is 15.3 Å². The molecule has 4 nitrogen and oxygen atoms in total. The molecular weight excluding hydrogens is 271 g/mol. The van der Waals surface area contributed by atoms with Gasteiger partial charge in [-0.2, -0.15) is 13.2 Å². The van der Waals surface area contributed by atoms with Crippen LogP contribution in [-0.4, -0.2) is 28.1 Å². The topological polar surface area (TPSA) is 54.9 Å². The Morgan fingerprint density at radius 3 is 2.55 bits per heavy atom. The second kappa shape index (κ2) is 5.76. The number of nitrogens with one attached hydrogen (secondary N) is 1. The summed E-state index contributed by atoms with van der Waals surface area (Å²) in [5, 5.41) is 2.45. The molecule has 1 aromatic heterocycles. The zero-order valence-electron chi connectivity index (χ0n) is 11.1. The first-order chi connectivity index (χ1) is 9.38. The minimum absolute atomic E-state index is 0.0436. The maximum atomic E-state index is 12.9. The highest BCUT2D eigenvalue weighted by Gasteiger charge is 2.46. The van der Waals surface area contributed by atoms with Crippen LogP contribution in [0.25, 0.3) is 0 Å². The Labute approximate surface area is 114 Å². The summed E-state index contributed by atoms with van der Waals surface area (Å²) in [6.45, 7) is 1.72. The van der Waals surface area contributed by atoms with Gasteiger partial charge in [0.1, 0.15) is 5.69 Å². The van der Waals surface area contributed by atoms with Crippen LogP contribution in [0.3, 0.4) is 0 Å². The summed E-state index contributed by atoms with van der Waals surface area (Å²) in [4.78, 5) is 19.7. The van der Waals surface area contributed by atoms with E-state index in [1.54, 1.807) is 6.92 Å². The molecule has 2 atom stereocenters. The second-order valence-corrected chi connectivity index (χ2v) is 5.06. The third-order valence-corrected chi connectivity index (χ3v) is 3.52. The molecule has 0 bridgehead atoms. The normalized spacial score (nSPS) is 23.4. The predicted molar refractivity (Wildman–Crippen MR) is 66.0 cm³/mol. The Hall–Kier alpha value is -1.66. The molecule has 0 radical (unpaired) electrons. The quantitative estimate of drug-likeness (QED) is 0.909. The summed E-state index contributed by atoms with van der Waals surface area (Å²) < 4.78 is 38.8. The third kappa shape index (κ3) is 3.46. The van der Waals surface area contributed by atoms with E-state index in [1.807, 2.05) is 0 Å². The first-order valence-electron chi connectivity index (χ1n) is 6.54. The lowest BCUT2D eigenvalue weighted by Gasteiger charge is -2.33. The first-order valence-corrected chi connectivity index (χ1v) is 6.54. The summed E-state index contributed by atoms with van der Waals surface area (Å²) in [7, 11) is 0. The Morgan fingerprint density at radius 1 is 1.25 bits per heavy atom. The van der Waals surface area contributed by atoms with Crippen LogP contribution in [0.2, 0.25) is 0 Å². The van der Waals surface area contributed by atoms with E-state index in [0.717, 1.165) is 0 Å². The van der Waals surface area contributed by atoms with Crippen LogP contribution >= 0.6 is 0 Å². The van der Waals surface area contributed by atoms with Crippen LogP contribution in [0.5, 0.6) is 0 Å². The fourth-order valence-electron chi connectivity index (χ4n) is 2.45. The Kier molecular flexibility index (Phi) is 4.25. The first kappa shape index (κ1) is 14.7. The number of carbonyl (C=O) groups excluding carboxylic acids is 1. The summed E-state index contributed by atoms with van der Waals surface area (Å²) in [6.07, 6.45) is 0.0473. The predicted octanol–water partition coefficient (Wildman–Crippen LogP) is 2.64. The molecule has 110 valence electrons. The number of aryl methyl sites for hydroxylation is 1. The summed E-state index contributed by atoms with van der Waals surface area (Å²) >= 11 is 0. The van der Waals surface area contributed by atoms with E-state index >= 15 is 0 Å². The van der Waals surface area contributed by atoms with Crippen molar-refractivity contribution in [3.8, 4) is 0 Å². The number of alkyl halides is 3. The second-order valence-electron chi connectivity index (χ2n) is 5.06. The summed E-state index contributed by atoms with van der Waals surface area (Å²) in [6, 6.07) is -0.876. The lowest BCUT2D eigenvalue weighted by atomic mass is 9.84. The molecule has 1 fully saturated rings. The monoisotopic (exact) mass is 287 g/mol. The number of amides is 1. The highest BCUT2D eigenvalue weighted by molar-refractivity contribution is 5.92. The standard InChI is InChI=1S/C13H16F3N3O/c1-8-6-18-11(7-17-8)12(20)19-10-5-3-2-4-9(10)13(14,15)16/h6-7,9-10H,2-5H2,1H3,(H,19,20). The van der Waals surface area contributed by atoms with Crippen molar-refractivity contribution in [2.45, 2.75) is 44.8 Å². The average molecular weight is 287 g/mol. The van der Waals surface area contributed by atoms with Gasteiger partial charge in [-0.3, -0.25) is 9.78 Å². The van der Waals surface area contributed by atoms with Gasteiger partial charge in [0.2, 0.25) is 0 Å². The van der Waals surface area contributed by atoms with Crippen molar-refractivity contribution < 1.29 is 18.0 Å². The molecule has 1 N–H and O–H groups in total. The SMILES string of the molecule is Cc1cnc(C(=O)NC2CCCCC2C(F)(F)F)cn1. The molecule has 0 aliphatic heterocycles. The lowest BCUT2D eigenvalue weighted by Crippen LogP contribution is -2.47. The van der Waals surface area contributed by atoms with Crippen molar-refractivity contribution in [3.05, 3.63) is 23.8 Å². The number of hydrogen-bond donors (Lipinski definition) is 1. The minimum atomic E-state index is -4.28. The van der Waals surface area contributed by atoms with Gasteiger partial charge in [0.05, 0.1) is 17.8 Å². The van der Waals surface area contributed by atoms with Crippen molar-refractivity contribution in [1.82, 2.24) is 15.3 Å². The van der Waals surface area contributed by atoms with Crippen LogP contribution < -0.4 is 5.32 Å². The van der Waals surface area contributed by atoms with Gasteiger partial charge in [-0.15, -0.1) is 0 Å².